The van der Waals surface area contributed by atoms with Gasteiger partial charge in [-0.25, -0.2) is 0 Å². The second-order valence-electron chi connectivity index (χ2n) is 5.02. The maximum Gasteiger partial charge on any atom is 0.104 e. The maximum atomic E-state index is 2.43. The number of hydrogen-bond donors (Lipinski definition) is 0. The van der Waals surface area contributed by atoms with Crippen LogP contribution in [-0.4, -0.2) is 8.80 Å². The fourth-order valence-corrected chi connectivity index (χ4v) is 6.63. The molecule has 0 fully saturated rings. The molecule has 2 aromatic rings. The highest BCUT2D eigenvalue weighted by Crippen LogP contribution is 2.24. The average Bonchev–Trinajstić information content (AvgIpc) is 2.65. The molecule has 1 aliphatic heterocycles. The van der Waals surface area contributed by atoms with E-state index in [-0.39, 0.29) is 0 Å². The van der Waals surface area contributed by atoms with Gasteiger partial charge in [0.15, 0.2) is 0 Å². The summed E-state index contributed by atoms with van der Waals surface area (Å²) < 4.78 is 0. The summed E-state index contributed by atoms with van der Waals surface area (Å²) in [5, 5.41) is 3.34. The van der Waals surface area contributed by atoms with Gasteiger partial charge >= 0.3 is 0 Å². The second-order valence-corrected chi connectivity index (χ2v) is 7.95. The van der Waals surface area contributed by atoms with Crippen LogP contribution in [0, 0.1) is 6.92 Å². The summed E-state index contributed by atoms with van der Waals surface area (Å²) in [7, 11) is -0.904. The van der Waals surface area contributed by atoms with E-state index in [9.17, 15) is 0 Å². The van der Waals surface area contributed by atoms with Crippen LogP contribution in [-0.2, 0) is 0 Å². The molecule has 3 rings (SSSR count). The molecule has 0 aromatic heterocycles. The predicted molar refractivity (Wildman–Crippen MR) is 78.1 cm³/mol. The minimum Gasteiger partial charge on any atom is -0.0656 e. The van der Waals surface area contributed by atoms with Gasteiger partial charge in [-0.2, -0.15) is 0 Å². The van der Waals surface area contributed by atoms with Gasteiger partial charge in [0.25, 0.3) is 0 Å². The monoisotopic (exact) mass is 238 g/mol. The Bertz CT molecular complexity index is 557. The van der Waals surface area contributed by atoms with Crippen molar-refractivity contribution in [1.82, 2.24) is 0 Å². The first-order valence-corrected chi connectivity index (χ1v) is 8.48. The highest BCUT2D eigenvalue weighted by Gasteiger charge is 2.28. The Morgan fingerprint density at radius 2 is 1.71 bits per heavy atom. The lowest BCUT2D eigenvalue weighted by Crippen LogP contribution is -2.37. The summed E-state index contributed by atoms with van der Waals surface area (Å²) in [5.74, 6) is 0. The van der Waals surface area contributed by atoms with E-state index in [0.717, 1.165) is 0 Å². The normalized spacial score (nSPS) is 16.7. The highest BCUT2D eigenvalue weighted by molar-refractivity contribution is 6.89. The van der Waals surface area contributed by atoms with E-state index in [1.807, 2.05) is 0 Å². The van der Waals surface area contributed by atoms with Gasteiger partial charge in [-0.3, -0.25) is 0 Å². The summed E-state index contributed by atoms with van der Waals surface area (Å²) in [6.45, 7) is 4.52. The third-order valence-corrected chi connectivity index (χ3v) is 7.42. The molecule has 0 saturated carbocycles. The lowest BCUT2D eigenvalue weighted by atomic mass is 10.0. The summed E-state index contributed by atoms with van der Waals surface area (Å²) in [4.78, 5) is 0. The Labute approximate surface area is 105 Å². The molecule has 1 unspecified atom stereocenters. The standard InChI is InChI=1S/C16H18Si/c1-3-10-17-15-7-5-4-6-13(15)14-9-8-12(2)11-16(14)17/h4-9,11,17H,3,10H2,1-2H3. The lowest BCUT2D eigenvalue weighted by Gasteiger charge is -2.10. The van der Waals surface area contributed by atoms with Gasteiger partial charge in [-0.15, -0.1) is 0 Å². The number of benzene rings is 2. The molecule has 0 nitrogen and oxygen atoms in total. The molecule has 0 aliphatic carbocycles. The van der Waals surface area contributed by atoms with Crippen LogP contribution in [0.5, 0.6) is 0 Å². The zero-order chi connectivity index (χ0) is 11.8. The van der Waals surface area contributed by atoms with Gasteiger partial charge in [-0.05, 0) is 23.2 Å². The smallest absolute Gasteiger partial charge is 0.0656 e. The van der Waals surface area contributed by atoms with Crippen molar-refractivity contribution >= 4 is 19.2 Å². The second kappa shape index (κ2) is 4.15. The topological polar surface area (TPSA) is 0 Å². The van der Waals surface area contributed by atoms with Gasteiger partial charge in [0.05, 0.1) is 0 Å². The lowest BCUT2D eigenvalue weighted by molar-refractivity contribution is 1.07. The Morgan fingerprint density at radius 1 is 0.941 bits per heavy atom. The van der Waals surface area contributed by atoms with Gasteiger partial charge in [-0.1, -0.05) is 72.6 Å². The predicted octanol–water partition coefficient (Wildman–Crippen LogP) is 2.73. The maximum absolute atomic E-state index is 2.43. The minimum atomic E-state index is -0.904. The molecule has 1 atom stereocenters. The van der Waals surface area contributed by atoms with E-state index in [0.29, 0.717) is 0 Å². The molecule has 0 saturated heterocycles. The van der Waals surface area contributed by atoms with Crippen LogP contribution in [0.4, 0.5) is 0 Å². The van der Waals surface area contributed by atoms with Crippen LogP contribution >= 0.6 is 0 Å². The molecule has 1 aliphatic rings. The summed E-state index contributed by atoms with van der Waals surface area (Å²) in [6, 6.07) is 17.4. The Morgan fingerprint density at radius 3 is 2.53 bits per heavy atom. The van der Waals surface area contributed by atoms with Gasteiger partial charge < -0.3 is 0 Å². The van der Waals surface area contributed by atoms with E-state index in [1.165, 1.54) is 29.2 Å². The number of fused-ring (bicyclic) bond motifs is 3. The Hall–Kier alpha value is -1.34. The summed E-state index contributed by atoms with van der Waals surface area (Å²) in [5.41, 5.74) is 4.43. The number of aryl methyl sites for hydroxylation is 1. The van der Waals surface area contributed by atoms with Crippen molar-refractivity contribution in [2.75, 3.05) is 0 Å². The fraction of sp³-hybridized carbons (Fsp3) is 0.250. The molecule has 0 N–H and O–H groups in total. The molecule has 1 heterocycles. The number of hydrogen-bond acceptors (Lipinski definition) is 0. The van der Waals surface area contributed by atoms with Crippen LogP contribution < -0.4 is 10.4 Å². The largest absolute Gasteiger partial charge is 0.104 e. The summed E-state index contributed by atoms with van der Waals surface area (Å²) >= 11 is 0. The van der Waals surface area contributed by atoms with E-state index < -0.39 is 8.80 Å². The third-order valence-electron chi connectivity index (χ3n) is 3.79. The zero-order valence-corrected chi connectivity index (χ0v) is 11.7. The number of rotatable bonds is 2. The van der Waals surface area contributed by atoms with E-state index >= 15 is 0 Å². The van der Waals surface area contributed by atoms with Gasteiger partial charge in [0, 0.05) is 0 Å². The first kappa shape index (κ1) is 10.8. The first-order valence-electron chi connectivity index (χ1n) is 6.51. The molecular weight excluding hydrogens is 220 g/mol. The van der Waals surface area contributed by atoms with Crippen molar-refractivity contribution < 1.29 is 0 Å². The molecule has 0 amide bonds. The molecular formula is C16H18Si. The van der Waals surface area contributed by atoms with Crippen molar-refractivity contribution in [3.63, 3.8) is 0 Å². The third kappa shape index (κ3) is 1.66. The Kier molecular flexibility index (Phi) is 2.64. The molecule has 0 spiro atoms. The van der Waals surface area contributed by atoms with Crippen molar-refractivity contribution in [3.8, 4) is 11.1 Å². The van der Waals surface area contributed by atoms with Crippen molar-refractivity contribution in [3.05, 3.63) is 48.0 Å². The van der Waals surface area contributed by atoms with Crippen LogP contribution in [0.3, 0.4) is 0 Å². The zero-order valence-electron chi connectivity index (χ0n) is 10.5. The first-order chi connectivity index (χ1) is 8.31. The van der Waals surface area contributed by atoms with Crippen molar-refractivity contribution in [2.45, 2.75) is 26.3 Å². The average molecular weight is 238 g/mol. The molecule has 17 heavy (non-hydrogen) atoms. The quantitative estimate of drug-likeness (QED) is 0.706. The van der Waals surface area contributed by atoms with E-state index in [1.54, 1.807) is 10.4 Å². The van der Waals surface area contributed by atoms with Crippen LogP contribution in [0.15, 0.2) is 42.5 Å². The highest BCUT2D eigenvalue weighted by atomic mass is 28.3. The van der Waals surface area contributed by atoms with Crippen LogP contribution in [0.1, 0.15) is 18.9 Å². The fourth-order valence-electron chi connectivity index (χ4n) is 3.03. The molecule has 1 heteroatoms. The van der Waals surface area contributed by atoms with Crippen molar-refractivity contribution in [1.29, 1.82) is 0 Å². The SMILES string of the molecule is CCC[SiH]1c2ccccc2-c2ccc(C)cc21. The van der Waals surface area contributed by atoms with Crippen LogP contribution in [0.25, 0.3) is 11.1 Å². The van der Waals surface area contributed by atoms with Gasteiger partial charge in [0.2, 0.25) is 0 Å². The molecule has 0 radical (unpaired) electrons. The van der Waals surface area contributed by atoms with Crippen LogP contribution in [0.2, 0.25) is 6.04 Å². The van der Waals surface area contributed by atoms with E-state index in [2.05, 4.69) is 56.3 Å². The Balaban J connectivity index is 2.22. The molecule has 86 valence electrons. The van der Waals surface area contributed by atoms with E-state index in [4.69, 9.17) is 0 Å². The molecule has 0 bridgehead atoms. The molecule has 2 aromatic carbocycles. The van der Waals surface area contributed by atoms with Crippen molar-refractivity contribution in [2.24, 2.45) is 0 Å². The minimum absolute atomic E-state index is 0.904. The van der Waals surface area contributed by atoms with Gasteiger partial charge in [0.1, 0.15) is 8.80 Å². The summed E-state index contributed by atoms with van der Waals surface area (Å²) in [6.07, 6.45) is 1.30.